The van der Waals surface area contributed by atoms with Crippen molar-refractivity contribution in [2.45, 2.75) is 13.1 Å². The summed E-state index contributed by atoms with van der Waals surface area (Å²) < 4.78 is 5.46. The van der Waals surface area contributed by atoms with Crippen molar-refractivity contribution in [1.29, 1.82) is 0 Å². The van der Waals surface area contributed by atoms with Crippen LogP contribution in [0.5, 0.6) is 0 Å². The standard InChI is InChI=1S/C25H25N3O2/c1-18-6-8-19(9-7-18)24-26-23-5-3-2-4-22(23)25(29)28(24)21-12-10-20(11-13-21)27-14-16-30-17-15-27/h2-13,24,26H,14-17H2,1H3/t24-/m1/s1. The second kappa shape index (κ2) is 7.84. The monoisotopic (exact) mass is 399 g/mol. The maximum absolute atomic E-state index is 13.5. The fourth-order valence-electron chi connectivity index (χ4n) is 4.15. The van der Waals surface area contributed by atoms with Crippen LogP contribution < -0.4 is 15.1 Å². The summed E-state index contributed by atoms with van der Waals surface area (Å²) in [5.74, 6) is 0.00838. The van der Waals surface area contributed by atoms with E-state index in [4.69, 9.17) is 4.74 Å². The molecule has 152 valence electrons. The molecule has 2 aliphatic rings. The van der Waals surface area contributed by atoms with Gasteiger partial charge >= 0.3 is 0 Å². The Morgan fingerprint density at radius 1 is 0.867 bits per heavy atom. The van der Waals surface area contributed by atoms with Crippen molar-refractivity contribution in [2.75, 3.05) is 41.4 Å². The lowest BCUT2D eigenvalue weighted by molar-refractivity contribution is 0.0975. The van der Waals surface area contributed by atoms with Crippen LogP contribution in [0.4, 0.5) is 17.1 Å². The largest absolute Gasteiger partial charge is 0.378 e. The molecule has 0 bridgehead atoms. The Morgan fingerprint density at radius 3 is 2.27 bits per heavy atom. The van der Waals surface area contributed by atoms with Gasteiger partial charge in [-0.05, 0) is 48.9 Å². The van der Waals surface area contributed by atoms with Crippen molar-refractivity contribution < 1.29 is 9.53 Å². The lowest BCUT2D eigenvalue weighted by Gasteiger charge is -2.38. The molecule has 3 aromatic rings. The van der Waals surface area contributed by atoms with E-state index in [1.165, 1.54) is 5.56 Å². The van der Waals surface area contributed by atoms with Crippen molar-refractivity contribution in [2.24, 2.45) is 0 Å². The number of hydrogen-bond acceptors (Lipinski definition) is 4. The highest BCUT2D eigenvalue weighted by molar-refractivity contribution is 6.12. The summed E-state index contributed by atoms with van der Waals surface area (Å²) in [5.41, 5.74) is 5.85. The van der Waals surface area contributed by atoms with Gasteiger partial charge in [-0.15, -0.1) is 0 Å². The Labute approximate surface area is 176 Å². The molecule has 0 radical (unpaired) electrons. The third-order valence-corrected chi connectivity index (χ3v) is 5.82. The Hall–Kier alpha value is -3.31. The molecule has 0 unspecified atom stereocenters. The summed E-state index contributed by atoms with van der Waals surface area (Å²) >= 11 is 0. The number of rotatable bonds is 3. The van der Waals surface area contributed by atoms with E-state index in [0.717, 1.165) is 48.9 Å². The van der Waals surface area contributed by atoms with Gasteiger partial charge in [0.25, 0.3) is 5.91 Å². The normalized spacial score (nSPS) is 18.7. The average molecular weight is 399 g/mol. The van der Waals surface area contributed by atoms with Crippen molar-refractivity contribution in [3.8, 4) is 0 Å². The van der Waals surface area contributed by atoms with Crippen LogP contribution in [0.1, 0.15) is 27.7 Å². The lowest BCUT2D eigenvalue weighted by atomic mass is 10.0. The van der Waals surface area contributed by atoms with Crippen molar-refractivity contribution in [3.63, 3.8) is 0 Å². The molecule has 2 heterocycles. The van der Waals surface area contributed by atoms with Crippen LogP contribution in [-0.2, 0) is 4.74 Å². The first-order valence-corrected chi connectivity index (χ1v) is 10.4. The van der Waals surface area contributed by atoms with Gasteiger partial charge in [-0.25, -0.2) is 0 Å². The zero-order valence-corrected chi connectivity index (χ0v) is 17.0. The van der Waals surface area contributed by atoms with Crippen LogP contribution in [0.2, 0.25) is 0 Å². The van der Waals surface area contributed by atoms with Crippen molar-refractivity contribution in [3.05, 3.63) is 89.5 Å². The number of para-hydroxylation sites is 1. The number of amides is 1. The quantitative estimate of drug-likeness (QED) is 0.699. The number of nitrogens with zero attached hydrogens (tertiary/aromatic N) is 2. The Bertz CT molecular complexity index is 1040. The first-order valence-electron chi connectivity index (χ1n) is 10.4. The predicted octanol–water partition coefficient (Wildman–Crippen LogP) is 4.60. The van der Waals surface area contributed by atoms with E-state index >= 15 is 0 Å². The van der Waals surface area contributed by atoms with E-state index in [9.17, 15) is 4.79 Å². The molecular formula is C25H25N3O2. The highest BCUT2D eigenvalue weighted by Gasteiger charge is 2.34. The number of ether oxygens (including phenoxy) is 1. The van der Waals surface area contributed by atoms with E-state index in [2.05, 4.69) is 53.5 Å². The second-order valence-electron chi connectivity index (χ2n) is 7.79. The van der Waals surface area contributed by atoms with Gasteiger partial charge in [0.1, 0.15) is 6.17 Å². The summed E-state index contributed by atoms with van der Waals surface area (Å²) in [4.78, 5) is 17.7. The summed E-state index contributed by atoms with van der Waals surface area (Å²) in [6.07, 6.45) is -0.262. The number of nitrogens with one attached hydrogen (secondary N) is 1. The smallest absolute Gasteiger partial charge is 0.262 e. The summed E-state index contributed by atoms with van der Waals surface area (Å²) in [5, 5.41) is 3.57. The maximum atomic E-state index is 13.5. The van der Waals surface area contributed by atoms with Gasteiger partial charge in [-0.2, -0.15) is 0 Å². The molecule has 1 N–H and O–H groups in total. The van der Waals surface area contributed by atoms with Crippen molar-refractivity contribution in [1.82, 2.24) is 0 Å². The first kappa shape index (κ1) is 18.7. The molecule has 5 nitrogen and oxygen atoms in total. The minimum Gasteiger partial charge on any atom is -0.378 e. The summed E-state index contributed by atoms with van der Waals surface area (Å²) in [6, 6.07) is 24.3. The van der Waals surface area contributed by atoms with Crippen LogP contribution in [0, 0.1) is 6.92 Å². The number of benzene rings is 3. The first-order chi connectivity index (χ1) is 14.7. The zero-order chi connectivity index (χ0) is 20.5. The third kappa shape index (κ3) is 3.42. The fourth-order valence-corrected chi connectivity index (χ4v) is 4.15. The van der Waals surface area contributed by atoms with E-state index in [1.807, 2.05) is 41.3 Å². The molecule has 3 aromatic carbocycles. The van der Waals surface area contributed by atoms with Crippen LogP contribution >= 0.6 is 0 Å². The minimum absolute atomic E-state index is 0.00838. The lowest BCUT2D eigenvalue weighted by Crippen LogP contribution is -2.43. The Morgan fingerprint density at radius 2 is 1.53 bits per heavy atom. The highest BCUT2D eigenvalue weighted by atomic mass is 16.5. The summed E-state index contributed by atoms with van der Waals surface area (Å²) in [7, 11) is 0. The molecule has 0 spiro atoms. The number of carbonyl (C=O) groups excluding carboxylic acids is 1. The number of anilines is 3. The van der Waals surface area contributed by atoms with E-state index < -0.39 is 0 Å². The van der Waals surface area contributed by atoms with Gasteiger partial charge in [0.15, 0.2) is 0 Å². The number of fused-ring (bicyclic) bond motifs is 1. The molecule has 1 atom stereocenters. The number of morpholine rings is 1. The molecule has 30 heavy (non-hydrogen) atoms. The Balaban J connectivity index is 1.52. The third-order valence-electron chi connectivity index (χ3n) is 5.82. The number of aryl methyl sites for hydroxylation is 1. The molecule has 5 rings (SSSR count). The van der Waals surface area contributed by atoms with E-state index in [-0.39, 0.29) is 12.1 Å². The van der Waals surface area contributed by atoms with Crippen LogP contribution in [0.3, 0.4) is 0 Å². The predicted molar refractivity (Wildman–Crippen MR) is 120 cm³/mol. The highest BCUT2D eigenvalue weighted by Crippen LogP contribution is 2.37. The molecule has 2 aliphatic heterocycles. The molecular weight excluding hydrogens is 374 g/mol. The molecule has 0 aromatic heterocycles. The SMILES string of the molecule is Cc1ccc([C@@H]2Nc3ccccc3C(=O)N2c2ccc(N3CCOCC3)cc2)cc1. The van der Waals surface area contributed by atoms with E-state index in [1.54, 1.807) is 0 Å². The van der Waals surface area contributed by atoms with Crippen LogP contribution in [-0.4, -0.2) is 32.2 Å². The molecule has 0 aliphatic carbocycles. The van der Waals surface area contributed by atoms with Gasteiger partial charge in [0, 0.05) is 30.2 Å². The molecule has 0 saturated carbocycles. The fraction of sp³-hybridized carbons (Fsp3) is 0.240. The summed E-state index contributed by atoms with van der Waals surface area (Å²) in [6.45, 7) is 5.36. The second-order valence-corrected chi connectivity index (χ2v) is 7.79. The topological polar surface area (TPSA) is 44.8 Å². The Kier molecular flexibility index (Phi) is 4.89. The zero-order valence-electron chi connectivity index (χ0n) is 17.0. The molecule has 5 heteroatoms. The van der Waals surface area contributed by atoms with Gasteiger partial charge in [0.2, 0.25) is 0 Å². The van der Waals surface area contributed by atoms with Gasteiger partial charge in [0.05, 0.1) is 18.8 Å². The molecule has 1 fully saturated rings. The maximum Gasteiger partial charge on any atom is 0.262 e. The van der Waals surface area contributed by atoms with Gasteiger partial charge in [-0.3, -0.25) is 9.69 Å². The van der Waals surface area contributed by atoms with Crippen LogP contribution in [0.15, 0.2) is 72.8 Å². The average Bonchev–Trinajstić information content (AvgIpc) is 2.80. The van der Waals surface area contributed by atoms with Crippen molar-refractivity contribution >= 4 is 23.0 Å². The van der Waals surface area contributed by atoms with Gasteiger partial charge in [-0.1, -0.05) is 42.0 Å². The van der Waals surface area contributed by atoms with Gasteiger partial charge < -0.3 is 15.0 Å². The number of carbonyl (C=O) groups is 1. The minimum atomic E-state index is -0.262. The van der Waals surface area contributed by atoms with E-state index in [0.29, 0.717) is 5.56 Å². The molecule has 1 amide bonds. The molecule has 1 saturated heterocycles. The van der Waals surface area contributed by atoms with Crippen LogP contribution in [0.25, 0.3) is 0 Å². The number of hydrogen-bond donors (Lipinski definition) is 1.